The Morgan fingerprint density at radius 2 is 2.20 bits per heavy atom. The van der Waals surface area contributed by atoms with Gasteiger partial charge >= 0.3 is 5.97 Å². The van der Waals surface area contributed by atoms with Gasteiger partial charge in [0.2, 0.25) is 0 Å². The molecule has 2 aliphatic carbocycles. The summed E-state index contributed by atoms with van der Waals surface area (Å²) in [6.07, 6.45) is 4.35. The Kier molecular flexibility index (Phi) is 3.00. The molecule has 0 spiro atoms. The maximum atomic E-state index is 12.5. The molecule has 0 N–H and O–H groups in total. The van der Waals surface area contributed by atoms with Crippen LogP contribution in [0, 0.1) is 27.6 Å². The van der Waals surface area contributed by atoms with E-state index in [-0.39, 0.29) is 16.8 Å². The van der Waals surface area contributed by atoms with Crippen LogP contribution in [0.25, 0.3) is 0 Å². The molecule has 1 saturated carbocycles. The van der Waals surface area contributed by atoms with Crippen molar-refractivity contribution in [1.82, 2.24) is 4.73 Å². The van der Waals surface area contributed by atoms with Crippen molar-refractivity contribution in [2.75, 3.05) is 0 Å². The van der Waals surface area contributed by atoms with Crippen LogP contribution in [0.4, 0.5) is 0 Å². The highest BCUT2D eigenvalue weighted by atomic mass is 32.1. The zero-order valence-corrected chi connectivity index (χ0v) is 13.9. The predicted octanol–water partition coefficient (Wildman–Crippen LogP) is 3.93. The standard InChI is InChI=1S/C15H19NO2S2/c1-9-8-20-13(19)16(9)18-12(17)10-7-15(4)6-5-11(10)14(15,2)3/h7-8,11H,5-6H2,1-4H3/t11-,15-/m1/s1. The lowest BCUT2D eigenvalue weighted by atomic mass is 9.70. The molecule has 20 heavy (non-hydrogen) atoms. The number of rotatable bonds is 2. The lowest BCUT2D eigenvalue weighted by Crippen LogP contribution is -2.29. The first kappa shape index (κ1) is 14.0. The Morgan fingerprint density at radius 1 is 1.50 bits per heavy atom. The van der Waals surface area contributed by atoms with Crippen molar-refractivity contribution < 1.29 is 9.63 Å². The molecule has 3 nitrogen and oxygen atoms in total. The van der Waals surface area contributed by atoms with Gasteiger partial charge in [-0.3, -0.25) is 0 Å². The van der Waals surface area contributed by atoms with E-state index in [9.17, 15) is 4.79 Å². The van der Waals surface area contributed by atoms with Gasteiger partial charge in [-0.2, -0.15) is 4.73 Å². The molecular weight excluding hydrogens is 290 g/mol. The molecular formula is C15H19NO2S2. The van der Waals surface area contributed by atoms with Crippen LogP contribution in [-0.4, -0.2) is 10.7 Å². The first-order chi connectivity index (χ1) is 9.26. The van der Waals surface area contributed by atoms with E-state index < -0.39 is 0 Å². The number of allylic oxidation sites excluding steroid dienone is 1. The number of aryl methyl sites for hydroxylation is 1. The number of carbonyl (C=O) groups excluding carboxylic acids is 1. The second-order valence-corrected chi connectivity index (χ2v) is 8.15. The van der Waals surface area contributed by atoms with Gasteiger partial charge in [0.15, 0.2) is 3.95 Å². The summed E-state index contributed by atoms with van der Waals surface area (Å²) in [4.78, 5) is 18.0. The third-order valence-electron chi connectivity index (χ3n) is 5.37. The number of fused-ring (bicyclic) bond motifs is 2. The van der Waals surface area contributed by atoms with E-state index in [1.807, 2.05) is 12.3 Å². The van der Waals surface area contributed by atoms with Gasteiger partial charge in [-0.15, -0.1) is 11.3 Å². The fourth-order valence-corrected chi connectivity index (χ4v) is 4.56. The third-order valence-corrected chi connectivity index (χ3v) is 6.65. The van der Waals surface area contributed by atoms with Crippen LogP contribution >= 0.6 is 23.6 Å². The molecule has 1 fully saturated rings. The molecule has 0 aromatic carbocycles. The average Bonchev–Trinajstić information content (AvgIpc) is 2.88. The number of hydrogen-bond donors (Lipinski definition) is 0. The minimum Gasteiger partial charge on any atom is -0.330 e. The number of thiazole rings is 1. The van der Waals surface area contributed by atoms with Gasteiger partial charge < -0.3 is 4.84 Å². The van der Waals surface area contributed by atoms with E-state index >= 15 is 0 Å². The van der Waals surface area contributed by atoms with Gasteiger partial charge in [-0.25, -0.2) is 4.79 Å². The van der Waals surface area contributed by atoms with Crippen LogP contribution < -0.4 is 4.84 Å². The number of nitrogens with zero attached hydrogens (tertiary/aromatic N) is 1. The van der Waals surface area contributed by atoms with Crippen LogP contribution in [0.5, 0.6) is 0 Å². The molecule has 0 saturated heterocycles. The molecule has 2 bridgehead atoms. The fraction of sp³-hybridized carbons (Fsp3) is 0.600. The quantitative estimate of drug-likeness (QED) is 0.776. The Hall–Kier alpha value is -0.940. The molecule has 0 aliphatic heterocycles. The maximum absolute atomic E-state index is 12.5. The highest BCUT2D eigenvalue weighted by molar-refractivity contribution is 7.73. The Labute approximate surface area is 128 Å². The van der Waals surface area contributed by atoms with Crippen molar-refractivity contribution in [1.29, 1.82) is 0 Å². The summed E-state index contributed by atoms with van der Waals surface area (Å²) in [5.41, 5.74) is 1.93. The third kappa shape index (κ3) is 1.76. The largest absolute Gasteiger partial charge is 0.359 e. The van der Waals surface area contributed by atoms with E-state index in [1.54, 1.807) is 0 Å². The molecule has 1 aromatic heterocycles. The summed E-state index contributed by atoms with van der Waals surface area (Å²) in [7, 11) is 0. The van der Waals surface area contributed by atoms with Crippen molar-refractivity contribution in [3.63, 3.8) is 0 Å². The molecule has 108 valence electrons. The fourth-order valence-electron chi connectivity index (χ4n) is 3.59. The van der Waals surface area contributed by atoms with Crippen LogP contribution in [0.1, 0.15) is 39.3 Å². The predicted molar refractivity (Wildman–Crippen MR) is 82.2 cm³/mol. The highest BCUT2D eigenvalue weighted by Gasteiger charge is 2.57. The Morgan fingerprint density at radius 3 is 2.65 bits per heavy atom. The van der Waals surface area contributed by atoms with Crippen molar-refractivity contribution in [2.45, 2.75) is 40.5 Å². The Balaban J connectivity index is 1.89. The normalized spacial score (nSPS) is 30.4. The van der Waals surface area contributed by atoms with Crippen molar-refractivity contribution in [3.05, 3.63) is 26.7 Å². The molecule has 0 unspecified atom stereocenters. The van der Waals surface area contributed by atoms with E-state index in [4.69, 9.17) is 17.1 Å². The highest BCUT2D eigenvalue weighted by Crippen LogP contribution is 2.64. The number of carbonyl (C=O) groups is 1. The molecule has 1 heterocycles. The molecule has 2 atom stereocenters. The zero-order chi connectivity index (χ0) is 14.7. The van der Waals surface area contributed by atoms with Gasteiger partial charge in [0.25, 0.3) is 0 Å². The molecule has 1 aromatic rings. The summed E-state index contributed by atoms with van der Waals surface area (Å²) in [6.45, 7) is 8.64. The zero-order valence-electron chi connectivity index (χ0n) is 12.2. The minimum atomic E-state index is -0.246. The van der Waals surface area contributed by atoms with E-state index in [0.29, 0.717) is 9.87 Å². The van der Waals surface area contributed by atoms with Gasteiger partial charge in [-0.05, 0) is 48.7 Å². The van der Waals surface area contributed by atoms with Crippen molar-refractivity contribution in [3.8, 4) is 0 Å². The average molecular weight is 309 g/mol. The first-order valence-electron chi connectivity index (χ1n) is 6.89. The molecule has 0 radical (unpaired) electrons. The minimum absolute atomic E-state index is 0.108. The van der Waals surface area contributed by atoms with E-state index in [2.05, 4.69) is 26.8 Å². The molecule has 0 amide bonds. The summed E-state index contributed by atoms with van der Waals surface area (Å²) >= 11 is 6.60. The second-order valence-electron chi connectivity index (χ2n) is 6.65. The molecule has 5 heteroatoms. The lowest BCUT2D eigenvalue weighted by Gasteiger charge is -2.33. The van der Waals surface area contributed by atoms with E-state index in [1.165, 1.54) is 16.1 Å². The van der Waals surface area contributed by atoms with Crippen molar-refractivity contribution in [2.24, 2.45) is 16.7 Å². The van der Waals surface area contributed by atoms with E-state index in [0.717, 1.165) is 24.1 Å². The Bertz CT molecular complexity index is 668. The summed E-state index contributed by atoms with van der Waals surface area (Å²) in [6, 6.07) is 0. The number of hydrogen-bond acceptors (Lipinski definition) is 4. The van der Waals surface area contributed by atoms with Crippen molar-refractivity contribution >= 4 is 29.5 Å². The van der Waals surface area contributed by atoms with Gasteiger partial charge in [0.05, 0.1) is 5.69 Å². The molecule has 2 aliphatic rings. The lowest BCUT2D eigenvalue weighted by molar-refractivity contribution is -0.140. The molecule has 3 rings (SSSR count). The smallest absolute Gasteiger partial charge is 0.330 e. The van der Waals surface area contributed by atoms with Gasteiger partial charge in [-0.1, -0.05) is 26.8 Å². The summed E-state index contributed by atoms with van der Waals surface area (Å²) in [5, 5.41) is 1.90. The number of aromatic nitrogens is 1. The SMILES string of the molecule is Cc1csc(=S)n1OC(=O)C1=C[C@@]2(C)CC[C@H]1C2(C)C. The van der Waals surface area contributed by atoms with Crippen LogP contribution in [-0.2, 0) is 4.79 Å². The topological polar surface area (TPSA) is 31.2 Å². The van der Waals surface area contributed by atoms with Crippen LogP contribution in [0.3, 0.4) is 0 Å². The maximum Gasteiger partial charge on any atom is 0.359 e. The van der Waals surface area contributed by atoms with Crippen LogP contribution in [0.15, 0.2) is 17.0 Å². The van der Waals surface area contributed by atoms with Gasteiger partial charge in [0.1, 0.15) is 0 Å². The summed E-state index contributed by atoms with van der Waals surface area (Å²) < 4.78 is 2.04. The monoisotopic (exact) mass is 309 g/mol. The van der Waals surface area contributed by atoms with Gasteiger partial charge in [0, 0.05) is 11.0 Å². The first-order valence-corrected chi connectivity index (χ1v) is 8.18. The summed E-state index contributed by atoms with van der Waals surface area (Å²) in [5.74, 6) is 0.0530. The second kappa shape index (κ2) is 4.28. The van der Waals surface area contributed by atoms with Crippen LogP contribution in [0.2, 0.25) is 0 Å².